The Morgan fingerprint density at radius 3 is 2.21 bits per heavy atom. The molecule has 9 heteroatoms. The zero-order chi connectivity index (χ0) is 21.1. The van der Waals surface area contributed by atoms with Crippen molar-refractivity contribution < 1.29 is 13.7 Å². The van der Waals surface area contributed by atoms with Gasteiger partial charge in [-0.15, -0.1) is 24.0 Å². The highest BCUT2D eigenvalue weighted by Gasteiger charge is 2.20. The molecule has 28 heavy (non-hydrogen) atoms. The number of carbonyl (C=O) groups is 1. The summed E-state index contributed by atoms with van der Waals surface area (Å²) in [7, 11) is 0.791. The SMILES string of the molecule is CCCCC(CNC(=O)OC(C)(C)C)NC(=NC)NCCS(=O)C(C)(C)C.I. The van der Waals surface area contributed by atoms with Gasteiger partial charge in [0.25, 0.3) is 0 Å². The number of carbonyl (C=O) groups excluding carboxylic acids is 1. The van der Waals surface area contributed by atoms with Gasteiger partial charge in [-0.1, -0.05) is 19.8 Å². The fourth-order valence-electron chi connectivity index (χ4n) is 2.15. The van der Waals surface area contributed by atoms with Crippen LogP contribution in [0.2, 0.25) is 0 Å². The molecule has 0 aliphatic heterocycles. The lowest BCUT2D eigenvalue weighted by Gasteiger charge is -2.24. The Labute approximate surface area is 191 Å². The molecule has 0 aliphatic rings. The number of aliphatic imine (C=N–C) groups is 1. The van der Waals surface area contributed by atoms with E-state index in [9.17, 15) is 9.00 Å². The molecule has 0 aromatic carbocycles. The normalized spacial score (nSPS) is 14.5. The summed E-state index contributed by atoms with van der Waals surface area (Å²) in [6.07, 6.45) is 2.59. The fourth-order valence-corrected chi connectivity index (χ4v) is 3.05. The van der Waals surface area contributed by atoms with E-state index in [4.69, 9.17) is 4.74 Å². The van der Waals surface area contributed by atoms with Crippen molar-refractivity contribution >= 4 is 46.8 Å². The van der Waals surface area contributed by atoms with Gasteiger partial charge in [-0.25, -0.2) is 4.79 Å². The lowest BCUT2D eigenvalue weighted by atomic mass is 10.1. The van der Waals surface area contributed by atoms with Gasteiger partial charge in [-0.05, 0) is 48.0 Å². The number of alkyl carbamates (subject to hydrolysis) is 1. The summed E-state index contributed by atoms with van der Waals surface area (Å²) in [4.78, 5) is 16.1. The van der Waals surface area contributed by atoms with Crippen LogP contribution in [-0.2, 0) is 15.5 Å². The molecule has 0 aromatic heterocycles. The standard InChI is InChI=1S/C19H40N4O3S.HI/c1-9-10-11-15(14-22-17(24)26-18(2,3)4)23-16(20-8)21-12-13-27(25)19(5,6)7;/h15H,9-14H2,1-8H3,(H,22,24)(H2,20,21,23);1H. The zero-order valence-electron chi connectivity index (χ0n) is 18.8. The van der Waals surface area contributed by atoms with Gasteiger partial charge in [0.2, 0.25) is 0 Å². The average Bonchev–Trinajstić information content (AvgIpc) is 2.53. The van der Waals surface area contributed by atoms with E-state index in [0.29, 0.717) is 24.8 Å². The highest BCUT2D eigenvalue weighted by molar-refractivity contribution is 14.0. The maximum absolute atomic E-state index is 12.1. The highest BCUT2D eigenvalue weighted by atomic mass is 127. The lowest BCUT2D eigenvalue weighted by Crippen LogP contribution is -2.49. The molecule has 7 nitrogen and oxygen atoms in total. The van der Waals surface area contributed by atoms with Crippen LogP contribution in [0.25, 0.3) is 0 Å². The van der Waals surface area contributed by atoms with Crippen LogP contribution in [0.5, 0.6) is 0 Å². The average molecular weight is 533 g/mol. The van der Waals surface area contributed by atoms with Crippen LogP contribution >= 0.6 is 24.0 Å². The Bertz CT molecular complexity index is 502. The van der Waals surface area contributed by atoms with Gasteiger partial charge in [0.05, 0.1) is 0 Å². The van der Waals surface area contributed by atoms with E-state index >= 15 is 0 Å². The zero-order valence-corrected chi connectivity index (χ0v) is 22.0. The number of hydrogen-bond acceptors (Lipinski definition) is 4. The van der Waals surface area contributed by atoms with Gasteiger partial charge in [0, 0.05) is 47.5 Å². The van der Waals surface area contributed by atoms with Gasteiger partial charge in [0.1, 0.15) is 5.60 Å². The number of unbranched alkanes of at least 4 members (excludes halogenated alkanes) is 1. The van der Waals surface area contributed by atoms with Crippen molar-refractivity contribution in [3.8, 4) is 0 Å². The molecular weight excluding hydrogens is 491 g/mol. The van der Waals surface area contributed by atoms with Crippen molar-refractivity contribution in [2.45, 2.75) is 84.1 Å². The third kappa shape index (κ3) is 15.4. The van der Waals surface area contributed by atoms with Crippen LogP contribution in [0, 0.1) is 0 Å². The van der Waals surface area contributed by atoms with Crippen LogP contribution in [-0.4, -0.2) is 58.5 Å². The molecule has 0 radical (unpaired) electrons. The fraction of sp³-hybridized carbons (Fsp3) is 0.895. The Kier molecular flexibility index (Phi) is 15.2. The third-order valence-electron chi connectivity index (χ3n) is 3.63. The third-order valence-corrected chi connectivity index (χ3v) is 5.57. The number of ether oxygens (including phenoxy) is 1. The van der Waals surface area contributed by atoms with Gasteiger partial charge in [-0.3, -0.25) is 9.20 Å². The summed E-state index contributed by atoms with van der Waals surface area (Å²) in [5.74, 6) is 1.20. The first-order valence-corrected chi connectivity index (χ1v) is 11.0. The van der Waals surface area contributed by atoms with Crippen LogP contribution in [0.4, 0.5) is 4.79 Å². The molecule has 0 saturated carbocycles. The number of halogens is 1. The molecule has 168 valence electrons. The lowest BCUT2D eigenvalue weighted by molar-refractivity contribution is 0.0522. The van der Waals surface area contributed by atoms with Crippen LogP contribution in [0.1, 0.15) is 67.7 Å². The first-order chi connectivity index (χ1) is 12.4. The second-order valence-electron chi connectivity index (χ2n) is 8.53. The number of hydrogen-bond donors (Lipinski definition) is 3. The number of rotatable bonds is 9. The van der Waals surface area contributed by atoms with E-state index in [1.165, 1.54) is 0 Å². The van der Waals surface area contributed by atoms with E-state index in [2.05, 4.69) is 27.9 Å². The number of nitrogens with one attached hydrogen (secondary N) is 3. The maximum Gasteiger partial charge on any atom is 0.407 e. The Morgan fingerprint density at radius 2 is 1.75 bits per heavy atom. The molecule has 2 atom stereocenters. The van der Waals surface area contributed by atoms with E-state index in [-0.39, 0.29) is 34.8 Å². The Hall–Kier alpha value is -0.580. The van der Waals surface area contributed by atoms with Crippen molar-refractivity contribution in [3.63, 3.8) is 0 Å². The molecule has 1 amide bonds. The van der Waals surface area contributed by atoms with E-state index in [1.54, 1.807) is 7.05 Å². The minimum absolute atomic E-state index is 0. The molecule has 0 aromatic rings. The molecule has 0 bridgehead atoms. The van der Waals surface area contributed by atoms with Crippen LogP contribution in [0.15, 0.2) is 4.99 Å². The van der Waals surface area contributed by atoms with E-state index < -0.39 is 22.5 Å². The quantitative estimate of drug-likeness (QED) is 0.241. The van der Waals surface area contributed by atoms with Gasteiger partial charge in [0.15, 0.2) is 5.96 Å². The Balaban J connectivity index is 0. The summed E-state index contributed by atoms with van der Waals surface area (Å²) >= 11 is 0. The van der Waals surface area contributed by atoms with Crippen LogP contribution < -0.4 is 16.0 Å². The van der Waals surface area contributed by atoms with Crippen molar-refractivity contribution in [1.82, 2.24) is 16.0 Å². The summed E-state index contributed by atoms with van der Waals surface area (Å²) in [6, 6.07) is 0.0387. The number of guanidine groups is 1. The molecule has 0 fully saturated rings. The predicted molar refractivity (Wildman–Crippen MR) is 130 cm³/mol. The monoisotopic (exact) mass is 532 g/mol. The summed E-state index contributed by atoms with van der Waals surface area (Å²) in [5, 5.41) is 9.36. The molecule has 0 saturated heterocycles. The molecular formula is C19H41IN4O3S. The van der Waals surface area contributed by atoms with Gasteiger partial charge >= 0.3 is 6.09 Å². The minimum atomic E-state index is -0.912. The summed E-state index contributed by atoms with van der Waals surface area (Å²) in [6.45, 7) is 14.6. The number of nitrogens with zero attached hydrogens (tertiary/aromatic N) is 1. The minimum Gasteiger partial charge on any atom is -0.444 e. The smallest absolute Gasteiger partial charge is 0.407 e. The Morgan fingerprint density at radius 1 is 1.14 bits per heavy atom. The van der Waals surface area contributed by atoms with Gasteiger partial charge < -0.3 is 20.7 Å². The first-order valence-electron chi connectivity index (χ1n) is 9.71. The summed E-state index contributed by atoms with van der Waals surface area (Å²) < 4.78 is 17.2. The first kappa shape index (κ1) is 29.6. The largest absolute Gasteiger partial charge is 0.444 e. The second kappa shape index (κ2) is 14.4. The highest BCUT2D eigenvalue weighted by Crippen LogP contribution is 2.10. The van der Waals surface area contributed by atoms with Crippen molar-refractivity contribution in [2.24, 2.45) is 4.99 Å². The molecule has 0 spiro atoms. The number of amides is 1. The molecule has 2 unspecified atom stereocenters. The van der Waals surface area contributed by atoms with E-state index in [0.717, 1.165) is 19.3 Å². The molecule has 0 aliphatic carbocycles. The molecule has 3 N–H and O–H groups in total. The molecule has 0 heterocycles. The summed E-state index contributed by atoms with van der Waals surface area (Å²) in [5.41, 5.74) is -0.517. The van der Waals surface area contributed by atoms with Crippen molar-refractivity contribution in [1.29, 1.82) is 0 Å². The van der Waals surface area contributed by atoms with Crippen LogP contribution in [0.3, 0.4) is 0 Å². The second-order valence-corrected chi connectivity index (χ2v) is 10.9. The maximum atomic E-state index is 12.1. The van der Waals surface area contributed by atoms with Gasteiger partial charge in [-0.2, -0.15) is 0 Å². The molecule has 0 rings (SSSR count). The van der Waals surface area contributed by atoms with E-state index in [1.807, 2.05) is 41.5 Å². The van der Waals surface area contributed by atoms with Crippen molar-refractivity contribution in [3.05, 3.63) is 0 Å². The van der Waals surface area contributed by atoms with Crippen molar-refractivity contribution in [2.75, 3.05) is 25.9 Å². The topological polar surface area (TPSA) is 91.8 Å². The predicted octanol–water partition coefficient (Wildman–Crippen LogP) is 3.40.